The number of rotatable bonds is 9. The highest BCUT2D eigenvalue weighted by Crippen LogP contribution is 2.24. The molecule has 2 rings (SSSR count). The van der Waals surface area contributed by atoms with Gasteiger partial charge in [-0.3, -0.25) is 15.0 Å². The van der Waals surface area contributed by atoms with E-state index >= 15 is 0 Å². The molecule has 1 aromatic heterocycles. The number of aliphatic hydroxyl groups is 1. The molecule has 0 aliphatic heterocycles. The van der Waals surface area contributed by atoms with Crippen LogP contribution in [-0.4, -0.2) is 22.5 Å². The largest absolute Gasteiger partial charge is 0.380 e. The summed E-state index contributed by atoms with van der Waals surface area (Å²) in [4.78, 5) is 26.4. The van der Waals surface area contributed by atoms with E-state index in [2.05, 4.69) is 5.43 Å². The van der Waals surface area contributed by atoms with Crippen molar-refractivity contribution in [2.45, 2.75) is 58.0 Å². The highest BCUT2D eigenvalue weighted by molar-refractivity contribution is 7.12. The molecule has 5 nitrogen and oxygen atoms in total. The topological polar surface area (TPSA) is 69.6 Å². The molecule has 0 saturated heterocycles. The smallest absolute Gasteiger partial charge is 0.287 e. The van der Waals surface area contributed by atoms with Gasteiger partial charge in [-0.2, -0.15) is 0 Å². The van der Waals surface area contributed by atoms with Crippen molar-refractivity contribution in [3.8, 4) is 0 Å². The van der Waals surface area contributed by atoms with E-state index in [-0.39, 0.29) is 5.91 Å². The van der Waals surface area contributed by atoms with Gasteiger partial charge in [-0.05, 0) is 36.4 Å². The van der Waals surface area contributed by atoms with Crippen LogP contribution in [0.5, 0.6) is 0 Å². The van der Waals surface area contributed by atoms with Crippen molar-refractivity contribution < 1.29 is 14.7 Å². The van der Waals surface area contributed by atoms with Crippen LogP contribution in [0.2, 0.25) is 0 Å². The Balaban J connectivity index is 2.27. The number of anilines is 1. The molecule has 1 aromatic carbocycles. The maximum absolute atomic E-state index is 13.0. The van der Waals surface area contributed by atoms with E-state index in [1.54, 1.807) is 36.4 Å². The highest BCUT2D eigenvalue weighted by Gasteiger charge is 2.36. The normalized spacial score (nSPS) is 11.2. The third-order valence-electron chi connectivity index (χ3n) is 4.47. The van der Waals surface area contributed by atoms with Crippen LogP contribution in [0.15, 0.2) is 47.8 Å². The van der Waals surface area contributed by atoms with Crippen LogP contribution in [-0.2, 0) is 4.79 Å². The fourth-order valence-electron chi connectivity index (χ4n) is 2.82. The molecule has 2 aromatic rings. The third-order valence-corrected chi connectivity index (χ3v) is 5.33. The van der Waals surface area contributed by atoms with E-state index in [0.717, 1.165) is 25.7 Å². The van der Waals surface area contributed by atoms with Crippen LogP contribution < -0.4 is 10.4 Å². The molecule has 1 heterocycles. The predicted octanol–water partition coefficient (Wildman–Crippen LogP) is 4.54. The van der Waals surface area contributed by atoms with Gasteiger partial charge in [0.2, 0.25) is 0 Å². The number of hydrazine groups is 1. The highest BCUT2D eigenvalue weighted by atomic mass is 32.1. The minimum atomic E-state index is -1.48. The van der Waals surface area contributed by atoms with Gasteiger partial charge in [0.15, 0.2) is 0 Å². The zero-order valence-corrected chi connectivity index (χ0v) is 16.8. The molecule has 0 aliphatic carbocycles. The van der Waals surface area contributed by atoms with E-state index in [1.165, 1.54) is 16.3 Å². The van der Waals surface area contributed by atoms with Crippen molar-refractivity contribution in [3.05, 3.63) is 52.7 Å². The molecule has 2 N–H and O–H groups in total. The van der Waals surface area contributed by atoms with Crippen LogP contribution in [0, 0.1) is 0 Å². The van der Waals surface area contributed by atoms with Gasteiger partial charge in [-0.15, -0.1) is 11.3 Å². The number of hydrogen-bond acceptors (Lipinski definition) is 4. The standard InChI is InChI=1S/C21H28N2O3S/c1-3-5-14-21(26,15-6-4-2)20(25)22-23(17-11-8-7-9-12-17)19(24)18-13-10-16-27-18/h7-13,16,26H,3-6,14-15H2,1-2H3,(H,22,25). The van der Waals surface area contributed by atoms with Gasteiger partial charge in [0.05, 0.1) is 10.6 Å². The summed E-state index contributed by atoms with van der Waals surface area (Å²) in [6.07, 6.45) is 4.03. The lowest BCUT2D eigenvalue weighted by Gasteiger charge is -2.31. The average molecular weight is 389 g/mol. The molecule has 6 heteroatoms. The molecule has 0 aliphatic rings. The number of benzene rings is 1. The first kappa shape index (κ1) is 21.1. The number of para-hydroxylation sites is 1. The molecule has 0 unspecified atom stereocenters. The number of nitrogens with one attached hydrogen (secondary N) is 1. The molecule has 0 fully saturated rings. The van der Waals surface area contributed by atoms with Crippen LogP contribution in [0.25, 0.3) is 0 Å². The molecular formula is C21H28N2O3S. The lowest BCUT2D eigenvalue weighted by atomic mass is 9.90. The van der Waals surface area contributed by atoms with Crippen molar-refractivity contribution in [1.29, 1.82) is 0 Å². The minimum absolute atomic E-state index is 0.321. The third kappa shape index (κ3) is 5.65. The van der Waals surface area contributed by atoms with Crippen LogP contribution in [0.1, 0.15) is 62.0 Å². The van der Waals surface area contributed by atoms with Crippen LogP contribution in [0.3, 0.4) is 0 Å². The van der Waals surface area contributed by atoms with Crippen molar-refractivity contribution in [3.63, 3.8) is 0 Å². The van der Waals surface area contributed by atoms with Crippen molar-refractivity contribution >= 4 is 28.8 Å². The zero-order chi connectivity index (χ0) is 19.7. The maximum atomic E-state index is 13.0. The van der Waals surface area contributed by atoms with E-state index in [1.807, 2.05) is 25.3 Å². The number of carbonyl (C=O) groups excluding carboxylic acids is 2. The molecule has 0 atom stereocenters. The molecule has 0 radical (unpaired) electrons. The Hall–Kier alpha value is -2.18. The molecule has 0 bridgehead atoms. The second-order valence-electron chi connectivity index (χ2n) is 6.63. The lowest BCUT2D eigenvalue weighted by Crippen LogP contribution is -2.55. The van der Waals surface area contributed by atoms with Gasteiger partial charge in [-0.25, -0.2) is 5.01 Å². The Morgan fingerprint density at radius 2 is 1.67 bits per heavy atom. The summed E-state index contributed by atoms with van der Waals surface area (Å²) in [5.41, 5.74) is 1.76. The van der Waals surface area contributed by atoms with Gasteiger partial charge in [0, 0.05) is 0 Å². The fourth-order valence-corrected chi connectivity index (χ4v) is 3.47. The fraction of sp³-hybridized carbons (Fsp3) is 0.429. The summed E-state index contributed by atoms with van der Waals surface area (Å²) in [5.74, 6) is -0.851. The second-order valence-corrected chi connectivity index (χ2v) is 7.58. The zero-order valence-electron chi connectivity index (χ0n) is 16.0. The molecular weight excluding hydrogens is 360 g/mol. The van der Waals surface area contributed by atoms with Gasteiger partial charge in [0.25, 0.3) is 11.8 Å². The van der Waals surface area contributed by atoms with Gasteiger partial charge in [-0.1, -0.05) is 63.8 Å². The van der Waals surface area contributed by atoms with Crippen molar-refractivity contribution in [2.75, 3.05) is 5.01 Å². The van der Waals surface area contributed by atoms with Crippen molar-refractivity contribution in [2.24, 2.45) is 0 Å². The number of thiophene rings is 1. The van der Waals surface area contributed by atoms with E-state index in [4.69, 9.17) is 0 Å². The first-order valence-corrected chi connectivity index (χ1v) is 10.4. The summed E-state index contributed by atoms with van der Waals surface area (Å²) in [7, 11) is 0. The molecule has 27 heavy (non-hydrogen) atoms. The first-order chi connectivity index (χ1) is 13.0. The quantitative estimate of drug-likeness (QED) is 0.620. The summed E-state index contributed by atoms with van der Waals surface area (Å²) < 4.78 is 0. The van der Waals surface area contributed by atoms with E-state index in [9.17, 15) is 14.7 Å². The minimum Gasteiger partial charge on any atom is -0.380 e. The van der Waals surface area contributed by atoms with Gasteiger partial charge in [0.1, 0.15) is 5.60 Å². The summed E-state index contributed by atoms with van der Waals surface area (Å²) in [6.45, 7) is 4.05. The molecule has 146 valence electrons. The number of carbonyl (C=O) groups is 2. The maximum Gasteiger partial charge on any atom is 0.287 e. The first-order valence-electron chi connectivity index (χ1n) is 9.48. The Labute approximate surface area is 165 Å². The second kappa shape index (κ2) is 10.2. The Kier molecular flexibility index (Phi) is 8.00. The summed E-state index contributed by atoms with van der Waals surface area (Å²) in [5, 5.41) is 14.1. The van der Waals surface area contributed by atoms with E-state index < -0.39 is 11.5 Å². The van der Waals surface area contributed by atoms with E-state index in [0.29, 0.717) is 23.4 Å². The molecule has 2 amide bonds. The van der Waals surface area contributed by atoms with Gasteiger partial charge >= 0.3 is 0 Å². The predicted molar refractivity (Wildman–Crippen MR) is 110 cm³/mol. The average Bonchev–Trinajstić information content (AvgIpc) is 3.23. The van der Waals surface area contributed by atoms with Crippen molar-refractivity contribution in [1.82, 2.24) is 5.43 Å². The summed E-state index contributed by atoms with van der Waals surface area (Å²) in [6, 6.07) is 12.5. The molecule has 0 saturated carbocycles. The number of hydrogen-bond donors (Lipinski definition) is 2. The van der Waals surface area contributed by atoms with Gasteiger partial charge < -0.3 is 5.11 Å². The Morgan fingerprint density at radius 1 is 1.04 bits per heavy atom. The molecule has 0 spiro atoms. The van der Waals surface area contributed by atoms with Crippen LogP contribution in [0.4, 0.5) is 5.69 Å². The monoisotopic (exact) mass is 388 g/mol. The number of nitrogens with zero attached hydrogens (tertiary/aromatic N) is 1. The SMILES string of the molecule is CCCCC(O)(CCCC)C(=O)NN(C(=O)c1cccs1)c1ccccc1. The number of unbranched alkanes of at least 4 members (excludes halogenated alkanes) is 2. The number of amides is 2. The lowest BCUT2D eigenvalue weighted by molar-refractivity contribution is -0.141. The Bertz CT molecular complexity index is 708. The summed E-state index contributed by atoms with van der Waals surface area (Å²) >= 11 is 1.31. The Morgan fingerprint density at radius 3 is 2.19 bits per heavy atom. The van der Waals surface area contributed by atoms with Crippen LogP contribution >= 0.6 is 11.3 Å².